The van der Waals surface area contributed by atoms with Crippen LogP contribution in [0.3, 0.4) is 0 Å². The Balaban J connectivity index is 1.18. The van der Waals surface area contributed by atoms with E-state index in [1.807, 2.05) is 30.5 Å². The van der Waals surface area contributed by atoms with Crippen LogP contribution in [0.1, 0.15) is 5.56 Å². The molecule has 0 spiro atoms. The van der Waals surface area contributed by atoms with E-state index in [1.54, 1.807) is 16.8 Å². The lowest BCUT2D eigenvalue weighted by Crippen LogP contribution is -2.46. The molecule has 11 heteroatoms. The first-order chi connectivity index (χ1) is 18.2. The van der Waals surface area contributed by atoms with E-state index in [0.717, 1.165) is 76.8 Å². The summed E-state index contributed by atoms with van der Waals surface area (Å²) >= 11 is 0. The first-order valence-electron chi connectivity index (χ1n) is 12.8. The third-order valence-corrected chi connectivity index (χ3v) is 6.95. The lowest BCUT2D eigenvalue weighted by Gasteiger charge is -2.36. The molecule has 4 aromatic rings. The summed E-state index contributed by atoms with van der Waals surface area (Å²) in [5.74, 6) is 1.63. The topological polar surface area (TPSA) is 87.2 Å². The Morgan fingerprint density at radius 2 is 1.78 bits per heavy atom. The molecule has 2 aliphatic heterocycles. The second-order valence-corrected chi connectivity index (χ2v) is 9.35. The number of para-hydroxylation sites is 1. The molecular formula is C26H31FN8O2. The molecule has 37 heavy (non-hydrogen) atoms. The number of anilines is 2. The second-order valence-electron chi connectivity index (χ2n) is 9.35. The van der Waals surface area contributed by atoms with Crippen molar-refractivity contribution in [3.05, 3.63) is 60.2 Å². The van der Waals surface area contributed by atoms with Gasteiger partial charge in [0.1, 0.15) is 5.82 Å². The van der Waals surface area contributed by atoms with Crippen LogP contribution in [0.4, 0.5) is 16.0 Å². The first kappa shape index (κ1) is 23.8. The number of furan rings is 1. The normalized spacial score (nSPS) is 17.5. The number of hydrogen-bond donors (Lipinski definition) is 1. The summed E-state index contributed by atoms with van der Waals surface area (Å²) in [4.78, 5) is 16.4. The van der Waals surface area contributed by atoms with Crippen LogP contribution in [0.25, 0.3) is 17.2 Å². The highest BCUT2D eigenvalue weighted by atomic mass is 19.1. The molecule has 1 aromatic carbocycles. The quantitative estimate of drug-likeness (QED) is 0.387. The van der Waals surface area contributed by atoms with Crippen molar-refractivity contribution < 1.29 is 13.5 Å². The number of aromatic nitrogens is 4. The Bertz CT molecular complexity index is 1310. The fourth-order valence-electron chi connectivity index (χ4n) is 4.91. The smallest absolute Gasteiger partial charge is 0.225 e. The van der Waals surface area contributed by atoms with Crippen LogP contribution < -0.4 is 10.2 Å². The van der Waals surface area contributed by atoms with Crippen molar-refractivity contribution in [2.45, 2.75) is 6.54 Å². The Morgan fingerprint density at radius 1 is 0.946 bits per heavy atom. The molecule has 0 aliphatic carbocycles. The molecule has 194 valence electrons. The number of benzene rings is 1. The van der Waals surface area contributed by atoms with Crippen molar-refractivity contribution in [2.75, 3.05) is 75.8 Å². The van der Waals surface area contributed by atoms with Crippen molar-refractivity contribution in [1.82, 2.24) is 29.4 Å². The van der Waals surface area contributed by atoms with Crippen molar-refractivity contribution in [3.8, 4) is 11.6 Å². The first-order valence-corrected chi connectivity index (χ1v) is 12.8. The predicted octanol–water partition coefficient (Wildman–Crippen LogP) is 2.59. The maximum absolute atomic E-state index is 14.2. The van der Waals surface area contributed by atoms with E-state index in [1.165, 1.54) is 6.07 Å². The fraction of sp³-hybridized carbons (Fsp3) is 0.423. The van der Waals surface area contributed by atoms with Crippen LogP contribution in [0.2, 0.25) is 0 Å². The van der Waals surface area contributed by atoms with Gasteiger partial charge in [-0.2, -0.15) is 4.52 Å². The summed E-state index contributed by atoms with van der Waals surface area (Å²) in [5.41, 5.74) is 2.41. The lowest BCUT2D eigenvalue weighted by atomic mass is 10.2. The highest BCUT2D eigenvalue weighted by molar-refractivity contribution is 5.58. The molecule has 2 aliphatic rings. The zero-order chi connectivity index (χ0) is 25.0. The van der Waals surface area contributed by atoms with E-state index in [2.05, 4.69) is 20.0 Å². The van der Waals surface area contributed by atoms with Crippen LogP contribution in [0.5, 0.6) is 0 Å². The van der Waals surface area contributed by atoms with Gasteiger partial charge in [-0.1, -0.05) is 12.1 Å². The van der Waals surface area contributed by atoms with Gasteiger partial charge in [-0.15, -0.1) is 5.10 Å². The minimum absolute atomic E-state index is 0.174. The van der Waals surface area contributed by atoms with Gasteiger partial charge in [0.25, 0.3) is 0 Å². The Kier molecular flexibility index (Phi) is 6.98. The lowest BCUT2D eigenvalue weighted by molar-refractivity contribution is 0.0398. The van der Waals surface area contributed by atoms with E-state index in [4.69, 9.17) is 24.2 Å². The Hall–Kier alpha value is -3.54. The standard InChI is InChI=1S/C26H31FN8O2/c27-21-4-1-2-5-22(21)34-11-9-33(10-12-34)19-20-18-29-26(28-7-8-32-13-16-36-17-14-32)35-25(20)30-24(31-35)23-6-3-15-37-23/h1-6,15,18H,7-14,16-17,19H2,(H,28,29). The van der Waals surface area contributed by atoms with Crippen LogP contribution in [0, 0.1) is 5.82 Å². The number of piperazine rings is 1. The number of nitrogens with one attached hydrogen (secondary N) is 1. The highest BCUT2D eigenvalue weighted by Gasteiger charge is 2.22. The zero-order valence-electron chi connectivity index (χ0n) is 20.7. The van der Waals surface area contributed by atoms with Gasteiger partial charge in [-0.25, -0.2) is 14.4 Å². The van der Waals surface area contributed by atoms with Crippen LogP contribution >= 0.6 is 0 Å². The summed E-state index contributed by atoms with van der Waals surface area (Å²) in [6.07, 6.45) is 3.51. The minimum Gasteiger partial charge on any atom is -0.461 e. The van der Waals surface area contributed by atoms with Gasteiger partial charge in [0.05, 0.1) is 25.2 Å². The Labute approximate surface area is 214 Å². The molecule has 0 amide bonds. The molecule has 2 fully saturated rings. The van der Waals surface area contributed by atoms with Gasteiger partial charge >= 0.3 is 0 Å². The summed E-state index contributed by atoms with van der Waals surface area (Å²) in [6, 6.07) is 10.7. The molecule has 6 rings (SSSR count). The van der Waals surface area contributed by atoms with E-state index < -0.39 is 0 Å². The second kappa shape index (κ2) is 10.8. The molecule has 1 N–H and O–H groups in total. The largest absolute Gasteiger partial charge is 0.461 e. The van der Waals surface area contributed by atoms with Gasteiger partial charge < -0.3 is 19.4 Å². The third-order valence-electron chi connectivity index (χ3n) is 6.95. The van der Waals surface area contributed by atoms with Gasteiger partial charge in [0.15, 0.2) is 11.4 Å². The molecule has 5 heterocycles. The van der Waals surface area contributed by atoms with E-state index in [9.17, 15) is 4.39 Å². The summed E-state index contributed by atoms with van der Waals surface area (Å²) in [5, 5.41) is 8.15. The van der Waals surface area contributed by atoms with Gasteiger partial charge in [-0.05, 0) is 24.3 Å². The maximum atomic E-state index is 14.2. The highest BCUT2D eigenvalue weighted by Crippen LogP contribution is 2.23. The SMILES string of the molecule is Fc1ccccc1N1CCN(Cc2cnc(NCCN3CCOCC3)n3nc(-c4ccco4)nc23)CC1. The molecule has 2 saturated heterocycles. The summed E-state index contributed by atoms with van der Waals surface area (Å²) in [6.45, 7) is 8.94. The number of fused-ring (bicyclic) bond motifs is 1. The minimum atomic E-state index is -0.174. The molecule has 0 bridgehead atoms. The molecule has 10 nitrogen and oxygen atoms in total. The van der Waals surface area contributed by atoms with E-state index in [-0.39, 0.29) is 5.82 Å². The number of morpholine rings is 1. The zero-order valence-corrected chi connectivity index (χ0v) is 20.7. The van der Waals surface area contributed by atoms with Crippen LogP contribution in [-0.4, -0.2) is 95.0 Å². The number of ether oxygens (including phenoxy) is 1. The van der Waals surface area contributed by atoms with Gasteiger partial charge in [-0.3, -0.25) is 9.80 Å². The van der Waals surface area contributed by atoms with Crippen LogP contribution in [0.15, 0.2) is 53.3 Å². The maximum Gasteiger partial charge on any atom is 0.225 e. The van der Waals surface area contributed by atoms with Crippen LogP contribution in [-0.2, 0) is 11.3 Å². The molecule has 0 radical (unpaired) electrons. The fourth-order valence-corrected chi connectivity index (χ4v) is 4.91. The van der Waals surface area contributed by atoms with E-state index in [0.29, 0.717) is 29.8 Å². The monoisotopic (exact) mass is 506 g/mol. The molecule has 0 unspecified atom stereocenters. The molecule has 0 saturated carbocycles. The number of rotatable bonds is 8. The molecule has 3 aromatic heterocycles. The molecular weight excluding hydrogens is 475 g/mol. The number of nitrogens with zero attached hydrogens (tertiary/aromatic N) is 7. The number of hydrogen-bond acceptors (Lipinski definition) is 9. The van der Waals surface area contributed by atoms with Gasteiger partial charge in [0, 0.05) is 70.7 Å². The van der Waals surface area contributed by atoms with Crippen molar-refractivity contribution >= 4 is 17.3 Å². The van der Waals surface area contributed by atoms with Crippen molar-refractivity contribution in [1.29, 1.82) is 0 Å². The summed E-state index contributed by atoms with van der Waals surface area (Å²) in [7, 11) is 0. The van der Waals surface area contributed by atoms with Crippen molar-refractivity contribution in [2.24, 2.45) is 0 Å². The molecule has 0 atom stereocenters. The summed E-state index contributed by atoms with van der Waals surface area (Å²) < 4.78 is 27.0. The van der Waals surface area contributed by atoms with E-state index >= 15 is 0 Å². The average Bonchev–Trinajstić information content (AvgIpc) is 3.62. The third kappa shape index (κ3) is 5.29. The van der Waals surface area contributed by atoms with Gasteiger partial charge in [0.2, 0.25) is 11.8 Å². The van der Waals surface area contributed by atoms with Crippen molar-refractivity contribution in [3.63, 3.8) is 0 Å². The Morgan fingerprint density at radius 3 is 2.57 bits per heavy atom. The predicted molar refractivity (Wildman–Crippen MR) is 138 cm³/mol. The average molecular weight is 507 g/mol. The number of halogens is 1.